The minimum Gasteiger partial charge on any atom is -0.493 e. The van der Waals surface area contributed by atoms with Crippen LogP contribution in [0, 0.1) is 0 Å². The molecule has 0 aliphatic carbocycles. The number of aromatic nitrogens is 2. The molecule has 0 radical (unpaired) electrons. The number of ether oxygens (including phenoxy) is 2. The normalized spacial score (nSPS) is 10.8. The van der Waals surface area contributed by atoms with E-state index in [9.17, 15) is 9.59 Å². The van der Waals surface area contributed by atoms with Gasteiger partial charge in [0.2, 0.25) is 0 Å². The van der Waals surface area contributed by atoms with Crippen LogP contribution < -0.4 is 20.3 Å². The van der Waals surface area contributed by atoms with E-state index < -0.39 is 0 Å². The number of hydrogen-bond donors (Lipinski definition) is 1. The van der Waals surface area contributed by atoms with Crippen LogP contribution in [0.5, 0.6) is 11.5 Å². The molecule has 1 heterocycles. The van der Waals surface area contributed by atoms with Gasteiger partial charge in [0.15, 0.2) is 11.5 Å². The highest BCUT2D eigenvalue weighted by molar-refractivity contribution is 6.04. The lowest BCUT2D eigenvalue weighted by molar-refractivity contribution is 0.102. The molecule has 7 heteroatoms. The van der Waals surface area contributed by atoms with Gasteiger partial charge in [-0.15, -0.1) is 0 Å². The number of anilines is 1. The molecule has 0 saturated heterocycles. The number of aryl methyl sites for hydroxylation is 1. The summed E-state index contributed by atoms with van der Waals surface area (Å²) in [6, 6.07) is 19.6. The maximum atomic E-state index is 13.1. The van der Waals surface area contributed by atoms with E-state index in [-0.39, 0.29) is 11.5 Å². The molecule has 1 amide bonds. The van der Waals surface area contributed by atoms with Crippen LogP contribution in [0.15, 0.2) is 71.5 Å². The summed E-state index contributed by atoms with van der Waals surface area (Å²) in [6.07, 6.45) is 0.836. The molecule has 0 unspecified atom stereocenters. The number of carbonyl (C=O) groups is 1. The first kappa shape index (κ1) is 22.1. The van der Waals surface area contributed by atoms with Gasteiger partial charge in [0, 0.05) is 29.4 Å². The highest BCUT2D eigenvalue weighted by atomic mass is 16.5. The molecule has 1 aromatic heterocycles. The number of amides is 1. The summed E-state index contributed by atoms with van der Waals surface area (Å²) in [5, 5.41) is 2.85. The number of para-hydroxylation sites is 2. The van der Waals surface area contributed by atoms with Crippen molar-refractivity contribution in [2.45, 2.75) is 19.9 Å². The average Bonchev–Trinajstić information content (AvgIpc) is 2.85. The zero-order valence-corrected chi connectivity index (χ0v) is 18.8. The standard InChI is InChI=1S/C26H25N3O4/c1-4-15-29-21-8-6-5-7-20(21)28-24(26(29)31)17-9-11-18(12-10-17)25(30)27-19-13-14-22(32-2)23(16-19)33-3/h5-14,16H,4,15H2,1-3H3,(H,27,30). The molecule has 1 N–H and O–H groups in total. The first-order chi connectivity index (χ1) is 16.0. The average molecular weight is 444 g/mol. The fourth-order valence-electron chi connectivity index (χ4n) is 3.72. The van der Waals surface area contributed by atoms with Gasteiger partial charge in [-0.25, -0.2) is 4.98 Å². The predicted molar refractivity (Wildman–Crippen MR) is 129 cm³/mol. The van der Waals surface area contributed by atoms with Crippen LogP contribution in [0.1, 0.15) is 23.7 Å². The summed E-state index contributed by atoms with van der Waals surface area (Å²) >= 11 is 0. The molecule has 0 aliphatic rings. The second kappa shape index (κ2) is 9.56. The summed E-state index contributed by atoms with van der Waals surface area (Å²) in [5.41, 5.74) is 3.52. The summed E-state index contributed by atoms with van der Waals surface area (Å²) < 4.78 is 12.3. The Morgan fingerprint density at radius 3 is 2.39 bits per heavy atom. The number of methoxy groups -OCH3 is 2. The third kappa shape index (κ3) is 4.43. The molecule has 33 heavy (non-hydrogen) atoms. The minimum atomic E-state index is -0.274. The molecule has 4 rings (SSSR count). The van der Waals surface area contributed by atoms with E-state index in [1.165, 1.54) is 7.11 Å². The lowest BCUT2D eigenvalue weighted by Crippen LogP contribution is -2.23. The van der Waals surface area contributed by atoms with Gasteiger partial charge in [0.05, 0.1) is 25.3 Å². The lowest BCUT2D eigenvalue weighted by Gasteiger charge is -2.12. The largest absolute Gasteiger partial charge is 0.493 e. The molecule has 0 bridgehead atoms. The minimum absolute atomic E-state index is 0.141. The van der Waals surface area contributed by atoms with Crippen molar-refractivity contribution in [3.63, 3.8) is 0 Å². The number of carbonyl (C=O) groups excluding carboxylic acids is 1. The molecule has 0 atom stereocenters. The summed E-state index contributed by atoms with van der Waals surface area (Å²) in [4.78, 5) is 30.5. The number of rotatable bonds is 7. The van der Waals surface area contributed by atoms with Crippen LogP contribution in [0.2, 0.25) is 0 Å². The van der Waals surface area contributed by atoms with Crippen LogP contribution in [-0.2, 0) is 6.54 Å². The number of nitrogens with zero attached hydrogens (tertiary/aromatic N) is 2. The Balaban J connectivity index is 1.62. The maximum absolute atomic E-state index is 13.1. The Morgan fingerprint density at radius 1 is 0.970 bits per heavy atom. The quantitative estimate of drug-likeness (QED) is 0.446. The summed E-state index contributed by atoms with van der Waals surface area (Å²) in [6.45, 7) is 2.65. The van der Waals surface area contributed by atoms with Crippen LogP contribution in [-0.4, -0.2) is 29.7 Å². The fraction of sp³-hybridized carbons (Fsp3) is 0.192. The Labute approximate surface area is 191 Å². The van der Waals surface area contributed by atoms with E-state index in [2.05, 4.69) is 10.3 Å². The van der Waals surface area contributed by atoms with Gasteiger partial charge in [0.1, 0.15) is 5.69 Å². The fourth-order valence-corrected chi connectivity index (χ4v) is 3.72. The first-order valence-corrected chi connectivity index (χ1v) is 10.7. The Kier molecular flexibility index (Phi) is 6.40. The molecule has 0 saturated carbocycles. The predicted octanol–water partition coefficient (Wildman–Crippen LogP) is 4.74. The third-order valence-electron chi connectivity index (χ3n) is 5.36. The van der Waals surface area contributed by atoms with Gasteiger partial charge < -0.3 is 19.4 Å². The van der Waals surface area contributed by atoms with Crippen molar-refractivity contribution >= 4 is 22.6 Å². The zero-order chi connectivity index (χ0) is 23.4. The number of hydrogen-bond acceptors (Lipinski definition) is 5. The van der Waals surface area contributed by atoms with E-state index >= 15 is 0 Å². The highest BCUT2D eigenvalue weighted by Crippen LogP contribution is 2.30. The SMILES string of the molecule is CCCn1c(=O)c(-c2ccc(C(=O)Nc3ccc(OC)c(OC)c3)cc2)nc2ccccc21. The molecule has 0 spiro atoms. The van der Waals surface area contributed by atoms with Crippen LogP contribution in [0.4, 0.5) is 5.69 Å². The van der Waals surface area contributed by atoms with Gasteiger partial charge in [0.25, 0.3) is 11.5 Å². The number of nitrogens with one attached hydrogen (secondary N) is 1. The molecule has 0 aliphatic heterocycles. The smallest absolute Gasteiger partial charge is 0.277 e. The Morgan fingerprint density at radius 2 is 1.70 bits per heavy atom. The monoisotopic (exact) mass is 443 g/mol. The van der Waals surface area contributed by atoms with E-state index in [0.717, 1.165) is 17.5 Å². The van der Waals surface area contributed by atoms with Crippen LogP contribution in [0.3, 0.4) is 0 Å². The van der Waals surface area contributed by atoms with Gasteiger partial charge in [-0.2, -0.15) is 0 Å². The lowest BCUT2D eigenvalue weighted by atomic mass is 10.1. The molecular formula is C26H25N3O4. The molecule has 7 nitrogen and oxygen atoms in total. The van der Waals surface area contributed by atoms with Crippen molar-refractivity contribution in [1.82, 2.24) is 9.55 Å². The molecule has 168 valence electrons. The van der Waals surface area contributed by atoms with Crippen molar-refractivity contribution in [3.8, 4) is 22.8 Å². The van der Waals surface area contributed by atoms with Crippen LogP contribution in [0.25, 0.3) is 22.3 Å². The van der Waals surface area contributed by atoms with Crippen molar-refractivity contribution in [1.29, 1.82) is 0 Å². The van der Waals surface area contributed by atoms with E-state index in [1.54, 1.807) is 54.1 Å². The van der Waals surface area contributed by atoms with Gasteiger partial charge in [-0.3, -0.25) is 9.59 Å². The maximum Gasteiger partial charge on any atom is 0.277 e. The number of fused-ring (bicyclic) bond motifs is 1. The van der Waals surface area contributed by atoms with Crippen molar-refractivity contribution in [2.24, 2.45) is 0 Å². The van der Waals surface area contributed by atoms with Gasteiger partial charge >= 0.3 is 0 Å². The zero-order valence-electron chi connectivity index (χ0n) is 18.8. The second-order valence-electron chi connectivity index (χ2n) is 7.51. The second-order valence-corrected chi connectivity index (χ2v) is 7.51. The van der Waals surface area contributed by atoms with Gasteiger partial charge in [-0.05, 0) is 42.8 Å². The van der Waals surface area contributed by atoms with E-state index in [0.29, 0.717) is 40.6 Å². The Bertz CT molecular complexity index is 1360. The molecule has 4 aromatic rings. The first-order valence-electron chi connectivity index (χ1n) is 10.7. The summed E-state index contributed by atoms with van der Waals surface area (Å²) in [7, 11) is 3.09. The molecule has 0 fully saturated rings. The van der Waals surface area contributed by atoms with Crippen molar-refractivity contribution < 1.29 is 14.3 Å². The molecule has 3 aromatic carbocycles. The van der Waals surface area contributed by atoms with Crippen molar-refractivity contribution in [3.05, 3.63) is 82.6 Å². The number of benzene rings is 3. The van der Waals surface area contributed by atoms with E-state index in [1.807, 2.05) is 31.2 Å². The Hall–Kier alpha value is -4.13. The van der Waals surface area contributed by atoms with Crippen LogP contribution >= 0.6 is 0 Å². The third-order valence-corrected chi connectivity index (χ3v) is 5.36. The van der Waals surface area contributed by atoms with Crippen molar-refractivity contribution in [2.75, 3.05) is 19.5 Å². The van der Waals surface area contributed by atoms with E-state index in [4.69, 9.17) is 9.47 Å². The van der Waals surface area contributed by atoms with Gasteiger partial charge in [-0.1, -0.05) is 31.2 Å². The molecular weight excluding hydrogens is 418 g/mol. The topological polar surface area (TPSA) is 82.5 Å². The highest BCUT2D eigenvalue weighted by Gasteiger charge is 2.14. The summed E-state index contributed by atoms with van der Waals surface area (Å²) in [5.74, 6) is 0.830.